The Morgan fingerprint density at radius 1 is 1.11 bits per heavy atom. The molecule has 2 aliphatic heterocycles. The van der Waals surface area contributed by atoms with Crippen LogP contribution in [0.4, 0.5) is 0 Å². The number of hydrogen-bond donors (Lipinski definition) is 1. The first-order chi connectivity index (χ1) is 9.33. The average molecular weight is 283 g/mol. The average Bonchev–Trinajstić information content (AvgIpc) is 2.48. The first-order valence-corrected chi connectivity index (χ1v) is 9.40. The van der Waals surface area contributed by atoms with Gasteiger partial charge in [0.05, 0.1) is 5.60 Å². The summed E-state index contributed by atoms with van der Waals surface area (Å²) < 4.78 is 6.25. The molecule has 1 aliphatic carbocycles. The largest absolute Gasteiger partial charge is 0.375 e. The summed E-state index contributed by atoms with van der Waals surface area (Å²) >= 11 is 2.10. The van der Waals surface area contributed by atoms with Crippen molar-refractivity contribution in [1.82, 2.24) is 0 Å². The van der Waals surface area contributed by atoms with Gasteiger partial charge in [-0.15, -0.1) is 0 Å². The van der Waals surface area contributed by atoms with Crippen molar-refractivity contribution in [3.63, 3.8) is 0 Å². The molecule has 2 heterocycles. The van der Waals surface area contributed by atoms with Gasteiger partial charge in [-0.3, -0.25) is 0 Å². The zero-order valence-corrected chi connectivity index (χ0v) is 12.9. The van der Waals surface area contributed by atoms with Crippen molar-refractivity contribution in [2.75, 3.05) is 24.7 Å². The summed E-state index contributed by atoms with van der Waals surface area (Å²) in [4.78, 5) is 0. The lowest BCUT2D eigenvalue weighted by atomic mass is 9.67. The Morgan fingerprint density at radius 3 is 2.68 bits per heavy atom. The zero-order valence-electron chi connectivity index (χ0n) is 12.1. The van der Waals surface area contributed by atoms with E-state index in [1.54, 1.807) is 0 Å². The summed E-state index contributed by atoms with van der Waals surface area (Å²) in [6, 6.07) is 0. The molecular formula is C16H29NOS. The molecule has 2 nitrogen and oxygen atoms in total. The molecule has 3 fully saturated rings. The highest BCUT2D eigenvalue weighted by atomic mass is 32.2. The normalized spacial score (nSPS) is 39.3. The molecule has 0 bridgehead atoms. The molecule has 1 saturated carbocycles. The van der Waals surface area contributed by atoms with Crippen LogP contribution in [0.2, 0.25) is 0 Å². The van der Waals surface area contributed by atoms with Gasteiger partial charge < -0.3 is 10.5 Å². The summed E-state index contributed by atoms with van der Waals surface area (Å²) in [7, 11) is 0. The van der Waals surface area contributed by atoms with E-state index in [1.165, 1.54) is 62.9 Å². The fraction of sp³-hybridized carbons (Fsp3) is 1.00. The van der Waals surface area contributed by atoms with Gasteiger partial charge in [0.15, 0.2) is 0 Å². The number of nitrogens with two attached hydrogens (primary N) is 1. The molecule has 0 radical (unpaired) electrons. The molecule has 0 amide bonds. The van der Waals surface area contributed by atoms with Gasteiger partial charge in [0.25, 0.3) is 0 Å². The lowest BCUT2D eigenvalue weighted by Crippen LogP contribution is -2.46. The maximum atomic E-state index is 6.25. The van der Waals surface area contributed by atoms with Crippen molar-refractivity contribution >= 4 is 11.8 Å². The minimum atomic E-state index is 0.255. The summed E-state index contributed by atoms with van der Waals surface area (Å²) in [5.74, 6) is 5.20. The van der Waals surface area contributed by atoms with Gasteiger partial charge in [0.2, 0.25) is 0 Å². The highest BCUT2D eigenvalue weighted by molar-refractivity contribution is 7.99. The molecule has 19 heavy (non-hydrogen) atoms. The van der Waals surface area contributed by atoms with E-state index in [0.29, 0.717) is 0 Å². The smallest absolute Gasteiger partial charge is 0.0701 e. The Labute approximate surface area is 122 Å². The molecule has 2 N–H and O–H groups in total. The van der Waals surface area contributed by atoms with Crippen molar-refractivity contribution in [1.29, 1.82) is 0 Å². The number of rotatable bonds is 2. The van der Waals surface area contributed by atoms with Gasteiger partial charge in [-0.25, -0.2) is 0 Å². The SMILES string of the molecule is NCC1CCCCC1C1CCOC2(CCSCC2)C1. The predicted octanol–water partition coefficient (Wildman–Crippen LogP) is 3.44. The highest BCUT2D eigenvalue weighted by Crippen LogP contribution is 2.46. The van der Waals surface area contributed by atoms with Crippen LogP contribution < -0.4 is 5.73 Å². The molecule has 110 valence electrons. The van der Waals surface area contributed by atoms with E-state index in [0.717, 1.165) is 30.9 Å². The molecule has 0 aromatic rings. The maximum Gasteiger partial charge on any atom is 0.0701 e. The third-order valence-electron chi connectivity index (χ3n) is 5.81. The first-order valence-electron chi connectivity index (χ1n) is 8.25. The topological polar surface area (TPSA) is 35.2 Å². The van der Waals surface area contributed by atoms with Crippen LogP contribution in [-0.4, -0.2) is 30.3 Å². The van der Waals surface area contributed by atoms with Crippen LogP contribution in [0.3, 0.4) is 0 Å². The zero-order chi connectivity index (χ0) is 13.1. The van der Waals surface area contributed by atoms with Crippen LogP contribution in [0.25, 0.3) is 0 Å². The number of hydrogen-bond acceptors (Lipinski definition) is 3. The second-order valence-electron chi connectivity index (χ2n) is 6.84. The van der Waals surface area contributed by atoms with Gasteiger partial charge in [-0.1, -0.05) is 12.8 Å². The molecule has 0 aromatic carbocycles. The third kappa shape index (κ3) is 3.14. The van der Waals surface area contributed by atoms with Crippen LogP contribution in [0.15, 0.2) is 0 Å². The van der Waals surface area contributed by atoms with Crippen molar-refractivity contribution in [2.24, 2.45) is 23.5 Å². The van der Waals surface area contributed by atoms with Gasteiger partial charge in [-0.05, 0) is 74.3 Å². The molecule has 3 unspecified atom stereocenters. The Balaban J connectivity index is 1.66. The fourth-order valence-corrected chi connectivity index (χ4v) is 5.91. The molecule has 3 heteroatoms. The summed E-state index contributed by atoms with van der Waals surface area (Å²) in [6.07, 6.45) is 10.8. The minimum absolute atomic E-state index is 0.255. The van der Waals surface area contributed by atoms with Crippen LogP contribution in [0, 0.1) is 17.8 Å². The second kappa shape index (κ2) is 6.36. The second-order valence-corrected chi connectivity index (χ2v) is 8.07. The first kappa shape index (κ1) is 14.2. The Bertz CT molecular complexity index is 285. The summed E-state index contributed by atoms with van der Waals surface area (Å²) in [5.41, 5.74) is 6.29. The Kier molecular flexibility index (Phi) is 4.76. The number of thioether (sulfide) groups is 1. The molecule has 3 aliphatic rings. The fourth-order valence-electron chi connectivity index (χ4n) is 4.67. The van der Waals surface area contributed by atoms with E-state index < -0.39 is 0 Å². The summed E-state index contributed by atoms with van der Waals surface area (Å²) in [6.45, 7) is 1.91. The van der Waals surface area contributed by atoms with Crippen LogP contribution in [0.1, 0.15) is 51.4 Å². The molecule has 1 spiro atoms. The Hall–Kier alpha value is 0.270. The van der Waals surface area contributed by atoms with E-state index in [2.05, 4.69) is 11.8 Å². The highest BCUT2D eigenvalue weighted by Gasteiger charge is 2.42. The van der Waals surface area contributed by atoms with Gasteiger partial charge in [0.1, 0.15) is 0 Å². The standard InChI is InChI=1S/C16H29NOS/c17-12-14-3-1-2-4-15(14)13-5-8-18-16(11-13)6-9-19-10-7-16/h13-15H,1-12,17H2. The molecular weight excluding hydrogens is 254 g/mol. The van der Waals surface area contributed by atoms with Gasteiger partial charge >= 0.3 is 0 Å². The van der Waals surface area contributed by atoms with Crippen molar-refractivity contribution < 1.29 is 4.74 Å². The van der Waals surface area contributed by atoms with Crippen molar-refractivity contribution in [2.45, 2.75) is 57.0 Å². The van der Waals surface area contributed by atoms with E-state index in [9.17, 15) is 0 Å². The maximum absolute atomic E-state index is 6.25. The third-order valence-corrected chi connectivity index (χ3v) is 6.80. The van der Waals surface area contributed by atoms with E-state index in [4.69, 9.17) is 10.5 Å². The van der Waals surface area contributed by atoms with Crippen molar-refractivity contribution in [3.05, 3.63) is 0 Å². The van der Waals surface area contributed by atoms with Crippen LogP contribution >= 0.6 is 11.8 Å². The van der Waals surface area contributed by atoms with E-state index in [1.807, 2.05) is 0 Å². The predicted molar refractivity (Wildman–Crippen MR) is 82.5 cm³/mol. The lowest BCUT2D eigenvalue weighted by molar-refractivity contribution is -0.116. The van der Waals surface area contributed by atoms with E-state index in [-0.39, 0.29) is 5.60 Å². The molecule has 3 atom stereocenters. The van der Waals surface area contributed by atoms with Crippen molar-refractivity contribution in [3.8, 4) is 0 Å². The Morgan fingerprint density at radius 2 is 1.89 bits per heavy atom. The number of ether oxygens (including phenoxy) is 1. The monoisotopic (exact) mass is 283 g/mol. The molecule has 2 saturated heterocycles. The lowest BCUT2D eigenvalue weighted by Gasteiger charge is -2.47. The summed E-state index contributed by atoms with van der Waals surface area (Å²) in [5, 5.41) is 0. The van der Waals surface area contributed by atoms with Gasteiger partial charge in [-0.2, -0.15) is 11.8 Å². The van der Waals surface area contributed by atoms with E-state index >= 15 is 0 Å². The van der Waals surface area contributed by atoms with Gasteiger partial charge in [0, 0.05) is 6.61 Å². The van der Waals surface area contributed by atoms with Crippen LogP contribution in [0.5, 0.6) is 0 Å². The molecule has 3 rings (SSSR count). The minimum Gasteiger partial charge on any atom is -0.375 e. The quantitative estimate of drug-likeness (QED) is 0.843. The van der Waals surface area contributed by atoms with Crippen LogP contribution in [-0.2, 0) is 4.74 Å². The molecule has 0 aromatic heterocycles.